The van der Waals surface area contributed by atoms with Crippen molar-refractivity contribution in [2.45, 2.75) is 32.1 Å². The van der Waals surface area contributed by atoms with Crippen LogP contribution in [0.4, 0.5) is 0 Å². The van der Waals surface area contributed by atoms with Crippen LogP contribution in [-0.2, 0) is 16.4 Å². The van der Waals surface area contributed by atoms with Gasteiger partial charge in [-0.15, -0.1) is 0 Å². The Hall–Kier alpha value is -0.910. The molecule has 1 aromatic rings. The lowest BCUT2D eigenvalue weighted by Gasteiger charge is -2.13. The van der Waals surface area contributed by atoms with Crippen LogP contribution in [0.1, 0.15) is 26.3 Å². The topological polar surface area (TPSA) is 58.2 Å². The normalized spacial score (nSPS) is 13.7. The van der Waals surface area contributed by atoms with Gasteiger partial charge in [0.2, 0.25) is 10.0 Å². The molecule has 5 heteroatoms. The Morgan fingerprint density at radius 3 is 2.15 bits per heavy atom. The second-order valence-electron chi connectivity index (χ2n) is 5.76. The molecule has 2 N–H and O–H groups in total. The van der Waals surface area contributed by atoms with Crippen LogP contribution in [0.15, 0.2) is 29.2 Å². The van der Waals surface area contributed by atoms with Crippen LogP contribution in [0.3, 0.4) is 0 Å². The monoisotopic (exact) mass is 298 g/mol. The van der Waals surface area contributed by atoms with Gasteiger partial charge in [0.15, 0.2) is 0 Å². The smallest absolute Gasteiger partial charge is 0.240 e. The molecule has 1 rings (SSSR count). The molecule has 0 aliphatic carbocycles. The van der Waals surface area contributed by atoms with Crippen LogP contribution < -0.4 is 10.0 Å². The van der Waals surface area contributed by atoms with Crippen molar-refractivity contribution in [1.29, 1.82) is 0 Å². The van der Waals surface area contributed by atoms with Gasteiger partial charge >= 0.3 is 0 Å². The molecule has 1 unspecified atom stereocenters. The summed E-state index contributed by atoms with van der Waals surface area (Å²) in [7, 11) is -1.54. The SMILES string of the molecule is CNCC(C)CNS(=O)(=O)c1ccc(CC(C)C)cc1. The molecule has 0 aromatic heterocycles. The Bertz CT molecular complexity index is 495. The average Bonchev–Trinajstić information content (AvgIpc) is 2.37. The molecule has 0 spiro atoms. The van der Waals surface area contributed by atoms with E-state index in [4.69, 9.17) is 0 Å². The van der Waals surface area contributed by atoms with E-state index in [-0.39, 0.29) is 5.92 Å². The van der Waals surface area contributed by atoms with E-state index in [9.17, 15) is 8.42 Å². The first-order valence-electron chi connectivity index (χ1n) is 7.08. The summed E-state index contributed by atoms with van der Waals surface area (Å²) in [6.45, 7) is 7.53. The van der Waals surface area contributed by atoms with Crippen molar-refractivity contribution in [3.8, 4) is 0 Å². The molecule has 114 valence electrons. The standard InChI is InChI=1S/C15H26N2O2S/c1-12(2)9-14-5-7-15(8-6-14)20(18,19)17-11-13(3)10-16-4/h5-8,12-13,16-17H,9-11H2,1-4H3. The van der Waals surface area contributed by atoms with Crippen LogP contribution >= 0.6 is 0 Å². The van der Waals surface area contributed by atoms with Gasteiger partial charge in [-0.1, -0.05) is 32.9 Å². The molecule has 1 aromatic carbocycles. The summed E-state index contributed by atoms with van der Waals surface area (Å²) in [5.41, 5.74) is 1.17. The number of sulfonamides is 1. The maximum atomic E-state index is 12.1. The van der Waals surface area contributed by atoms with Gasteiger partial charge in [-0.25, -0.2) is 13.1 Å². The summed E-state index contributed by atoms with van der Waals surface area (Å²) in [4.78, 5) is 0.335. The Balaban J connectivity index is 2.68. The van der Waals surface area contributed by atoms with E-state index in [0.717, 1.165) is 13.0 Å². The van der Waals surface area contributed by atoms with Gasteiger partial charge in [-0.05, 0) is 49.5 Å². The number of nitrogens with one attached hydrogen (secondary N) is 2. The minimum Gasteiger partial charge on any atom is -0.319 e. The lowest BCUT2D eigenvalue weighted by atomic mass is 10.0. The summed E-state index contributed by atoms with van der Waals surface area (Å²) in [5.74, 6) is 0.827. The molecule has 0 radical (unpaired) electrons. The highest BCUT2D eigenvalue weighted by Gasteiger charge is 2.14. The van der Waals surface area contributed by atoms with E-state index in [1.165, 1.54) is 5.56 Å². The Labute approximate surface area is 123 Å². The van der Waals surface area contributed by atoms with Crippen molar-refractivity contribution in [2.24, 2.45) is 11.8 Å². The van der Waals surface area contributed by atoms with Gasteiger partial charge in [0.25, 0.3) is 0 Å². The van der Waals surface area contributed by atoms with Crippen LogP contribution in [0.5, 0.6) is 0 Å². The van der Waals surface area contributed by atoms with E-state index in [2.05, 4.69) is 23.9 Å². The highest BCUT2D eigenvalue weighted by molar-refractivity contribution is 7.89. The minimum atomic E-state index is -3.40. The Morgan fingerprint density at radius 1 is 1.05 bits per heavy atom. The Kier molecular flexibility index (Phi) is 6.65. The Morgan fingerprint density at radius 2 is 1.65 bits per heavy atom. The van der Waals surface area contributed by atoms with Crippen molar-refractivity contribution >= 4 is 10.0 Å². The summed E-state index contributed by atoms with van der Waals surface area (Å²) >= 11 is 0. The second kappa shape index (κ2) is 7.76. The molecule has 20 heavy (non-hydrogen) atoms. The van der Waals surface area contributed by atoms with E-state index in [1.54, 1.807) is 12.1 Å². The lowest BCUT2D eigenvalue weighted by Crippen LogP contribution is -2.32. The third-order valence-electron chi connectivity index (χ3n) is 3.05. The van der Waals surface area contributed by atoms with Crippen LogP contribution in [0.25, 0.3) is 0 Å². The molecule has 1 atom stereocenters. The summed E-state index contributed by atoms with van der Waals surface area (Å²) < 4.78 is 26.9. The minimum absolute atomic E-state index is 0.259. The number of hydrogen-bond donors (Lipinski definition) is 2. The van der Waals surface area contributed by atoms with E-state index in [1.807, 2.05) is 26.1 Å². The van der Waals surface area contributed by atoms with Crippen LogP contribution in [-0.4, -0.2) is 28.6 Å². The fraction of sp³-hybridized carbons (Fsp3) is 0.600. The summed E-state index contributed by atoms with van der Waals surface area (Å²) in [6.07, 6.45) is 0.965. The van der Waals surface area contributed by atoms with Gasteiger partial charge in [-0.3, -0.25) is 0 Å². The molecule has 4 nitrogen and oxygen atoms in total. The first-order valence-corrected chi connectivity index (χ1v) is 8.56. The third-order valence-corrected chi connectivity index (χ3v) is 4.49. The molecular weight excluding hydrogens is 272 g/mol. The summed E-state index contributed by atoms with van der Waals surface area (Å²) in [6, 6.07) is 7.16. The molecule has 0 bridgehead atoms. The lowest BCUT2D eigenvalue weighted by molar-refractivity contribution is 0.519. The fourth-order valence-electron chi connectivity index (χ4n) is 2.03. The molecule has 0 heterocycles. The van der Waals surface area contributed by atoms with Gasteiger partial charge in [0.1, 0.15) is 0 Å². The zero-order chi connectivity index (χ0) is 15.2. The maximum Gasteiger partial charge on any atom is 0.240 e. The highest BCUT2D eigenvalue weighted by Crippen LogP contribution is 2.13. The van der Waals surface area contributed by atoms with Gasteiger partial charge in [0, 0.05) is 6.54 Å². The van der Waals surface area contributed by atoms with E-state index in [0.29, 0.717) is 17.4 Å². The molecule has 0 fully saturated rings. The predicted octanol–water partition coefficient (Wildman–Crippen LogP) is 2.02. The van der Waals surface area contributed by atoms with Crippen molar-refractivity contribution in [1.82, 2.24) is 10.0 Å². The van der Waals surface area contributed by atoms with Crippen LogP contribution in [0.2, 0.25) is 0 Å². The first-order chi connectivity index (χ1) is 9.35. The quantitative estimate of drug-likeness (QED) is 0.772. The maximum absolute atomic E-state index is 12.1. The number of hydrogen-bond acceptors (Lipinski definition) is 3. The van der Waals surface area contributed by atoms with Crippen LogP contribution in [0, 0.1) is 11.8 Å². The van der Waals surface area contributed by atoms with Crippen molar-refractivity contribution in [3.05, 3.63) is 29.8 Å². The van der Waals surface area contributed by atoms with Gasteiger partial charge < -0.3 is 5.32 Å². The summed E-state index contributed by atoms with van der Waals surface area (Å²) in [5, 5.41) is 3.03. The number of benzene rings is 1. The second-order valence-corrected chi connectivity index (χ2v) is 7.52. The van der Waals surface area contributed by atoms with Crippen molar-refractivity contribution in [3.63, 3.8) is 0 Å². The largest absolute Gasteiger partial charge is 0.319 e. The molecule has 0 amide bonds. The van der Waals surface area contributed by atoms with Gasteiger partial charge in [0.05, 0.1) is 4.90 Å². The first kappa shape index (κ1) is 17.1. The van der Waals surface area contributed by atoms with E-state index < -0.39 is 10.0 Å². The molecule has 0 aliphatic heterocycles. The highest BCUT2D eigenvalue weighted by atomic mass is 32.2. The average molecular weight is 298 g/mol. The van der Waals surface area contributed by atoms with Gasteiger partial charge in [-0.2, -0.15) is 0 Å². The molecular formula is C15H26N2O2S. The fourth-order valence-corrected chi connectivity index (χ4v) is 3.20. The van der Waals surface area contributed by atoms with Crippen molar-refractivity contribution < 1.29 is 8.42 Å². The zero-order valence-corrected chi connectivity index (χ0v) is 13.6. The third kappa shape index (κ3) is 5.61. The predicted molar refractivity (Wildman–Crippen MR) is 83.3 cm³/mol. The molecule has 0 saturated heterocycles. The zero-order valence-electron chi connectivity index (χ0n) is 12.8. The molecule has 0 saturated carbocycles. The van der Waals surface area contributed by atoms with Crippen molar-refractivity contribution in [2.75, 3.05) is 20.1 Å². The molecule has 0 aliphatic rings. The number of rotatable bonds is 8. The van der Waals surface area contributed by atoms with E-state index >= 15 is 0 Å².